The molecule has 0 N–H and O–H groups in total. The van der Waals surface area contributed by atoms with Gasteiger partial charge in [0.05, 0.1) is 24.3 Å². The number of thiophene rings is 1. The molecule has 0 saturated heterocycles. The zero-order valence-corrected chi connectivity index (χ0v) is 13.9. The summed E-state index contributed by atoms with van der Waals surface area (Å²) < 4.78 is 2.43. The minimum Gasteiger partial charge on any atom is -0.322 e. The largest absolute Gasteiger partial charge is 0.322 e. The lowest BCUT2D eigenvalue weighted by atomic mass is 9.76. The SMILES string of the molecule is c1ccc([C@H]2CC[C@H]([C@H]3c4sccc4-c4cncn43)CC2)cc1. The summed E-state index contributed by atoms with van der Waals surface area (Å²) in [6, 6.07) is 13.9. The van der Waals surface area contributed by atoms with Crippen molar-refractivity contribution in [3.63, 3.8) is 0 Å². The fraction of sp³-hybridized carbons (Fsp3) is 0.350. The van der Waals surface area contributed by atoms with E-state index in [1.165, 1.54) is 42.5 Å². The zero-order chi connectivity index (χ0) is 15.2. The van der Waals surface area contributed by atoms with Gasteiger partial charge in [0.15, 0.2) is 0 Å². The molecule has 0 amide bonds. The van der Waals surface area contributed by atoms with Crippen molar-refractivity contribution in [2.75, 3.05) is 0 Å². The van der Waals surface area contributed by atoms with Crippen molar-refractivity contribution in [1.82, 2.24) is 9.55 Å². The first-order valence-electron chi connectivity index (χ1n) is 8.56. The summed E-state index contributed by atoms with van der Waals surface area (Å²) in [6.07, 6.45) is 9.33. The van der Waals surface area contributed by atoms with Crippen LogP contribution in [-0.4, -0.2) is 9.55 Å². The van der Waals surface area contributed by atoms with Crippen LogP contribution in [-0.2, 0) is 0 Å². The average molecular weight is 320 g/mol. The molecule has 116 valence electrons. The third-order valence-corrected chi connectivity index (χ3v) is 6.68. The minimum absolute atomic E-state index is 0.527. The number of hydrogen-bond donors (Lipinski definition) is 0. The van der Waals surface area contributed by atoms with E-state index in [4.69, 9.17) is 0 Å². The highest BCUT2D eigenvalue weighted by molar-refractivity contribution is 7.10. The Hall–Kier alpha value is -1.87. The highest BCUT2D eigenvalue weighted by atomic mass is 32.1. The van der Waals surface area contributed by atoms with E-state index >= 15 is 0 Å². The van der Waals surface area contributed by atoms with Gasteiger partial charge in [0, 0.05) is 10.4 Å². The summed E-state index contributed by atoms with van der Waals surface area (Å²) in [5.41, 5.74) is 4.26. The molecule has 0 bridgehead atoms. The summed E-state index contributed by atoms with van der Waals surface area (Å²) in [6.45, 7) is 0. The highest BCUT2D eigenvalue weighted by Crippen LogP contribution is 2.50. The van der Waals surface area contributed by atoms with Gasteiger partial charge in [0.1, 0.15) is 0 Å². The van der Waals surface area contributed by atoms with Crippen molar-refractivity contribution >= 4 is 11.3 Å². The van der Waals surface area contributed by atoms with Gasteiger partial charge < -0.3 is 4.57 Å². The Bertz CT molecular complexity index is 769. The number of rotatable bonds is 2. The predicted octanol–water partition coefficient (Wildman–Crippen LogP) is 5.49. The van der Waals surface area contributed by atoms with Crippen LogP contribution in [0.25, 0.3) is 11.3 Å². The summed E-state index contributed by atoms with van der Waals surface area (Å²) in [7, 11) is 0. The molecule has 3 heteroatoms. The Balaban J connectivity index is 1.39. The lowest BCUT2D eigenvalue weighted by Crippen LogP contribution is -2.22. The van der Waals surface area contributed by atoms with E-state index in [9.17, 15) is 0 Å². The lowest BCUT2D eigenvalue weighted by molar-refractivity contribution is 0.267. The van der Waals surface area contributed by atoms with Gasteiger partial charge in [-0.15, -0.1) is 11.3 Å². The molecule has 3 aromatic rings. The van der Waals surface area contributed by atoms with Gasteiger partial charge in [-0.2, -0.15) is 0 Å². The molecule has 0 unspecified atom stereocenters. The van der Waals surface area contributed by atoms with Crippen molar-refractivity contribution in [2.45, 2.75) is 37.6 Å². The first-order chi connectivity index (χ1) is 11.4. The number of fused-ring (bicyclic) bond motifs is 3. The molecular weight excluding hydrogens is 300 g/mol. The van der Waals surface area contributed by atoms with E-state index < -0.39 is 0 Å². The maximum absolute atomic E-state index is 4.40. The van der Waals surface area contributed by atoms with Gasteiger partial charge in [-0.3, -0.25) is 0 Å². The fourth-order valence-corrected chi connectivity index (χ4v) is 5.65. The topological polar surface area (TPSA) is 17.8 Å². The molecule has 0 spiro atoms. The first kappa shape index (κ1) is 13.6. The molecule has 1 aliphatic heterocycles. The Morgan fingerprint density at radius 1 is 1.00 bits per heavy atom. The van der Waals surface area contributed by atoms with Crippen LogP contribution in [0.4, 0.5) is 0 Å². The second-order valence-electron chi connectivity index (χ2n) is 6.85. The normalized spacial score (nSPS) is 26.0. The van der Waals surface area contributed by atoms with E-state index in [-0.39, 0.29) is 0 Å². The van der Waals surface area contributed by atoms with Crippen LogP contribution in [0.1, 0.15) is 48.1 Å². The van der Waals surface area contributed by atoms with E-state index in [0.717, 1.165) is 11.8 Å². The van der Waals surface area contributed by atoms with Crippen LogP contribution in [0.3, 0.4) is 0 Å². The Morgan fingerprint density at radius 2 is 1.83 bits per heavy atom. The van der Waals surface area contributed by atoms with Crippen molar-refractivity contribution in [3.8, 4) is 11.3 Å². The molecule has 2 aromatic heterocycles. The molecule has 1 fully saturated rings. The number of hydrogen-bond acceptors (Lipinski definition) is 2. The molecule has 1 saturated carbocycles. The standard InChI is InChI=1S/C20H20N2S/c1-2-4-14(5-3-1)15-6-8-16(9-7-15)19-20-17(10-11-23-20)18-12-21-13-22(18)19/h1-5,10-13,15-16,19H,6-9H2/t15-,16-,19-/m0/s1. The van der Waals surface area contributed by atoms with Crippen LogP contribution in [0.15, 0.2) is 54.3 Å². The number of aromatic nitrogens is 2. The van der Waals surface area contributed by atoms with Gasteiger partial charge in [-0.25, -0.2) is 4.98 Å². The quantitative estimate of drug-likeness (QED) is 0.610. The van der Waals surface area contributed by atoms with Gasteiger partial charge in [-0.05, 0) is 54.5 Å². The van der Waals surface area contributed by atoms with Crippen LogP contribution in [0, 0.1) is 5.92 Å². The molecule has 2 aliphatic rings. The van der Waals surface area contributed by atoms with E-state index in [0.29, 0.717) is 6.04 Å². The summed E-state index contributed by atoms with van der Waals surface area (Å²) in [5, 5.41) is 2.24. The number of nitrogens with zero attached hydrogens (tertiary/aromatic N) is 2. The third kappa shape index (κ3) is 2.10. The van der Waals surface area contributed by atoms with Crippen LogP contribution >= 0.6 is 11.3 Å². The van der Waals surface area contributed by atoms with Crippen LogP contribution < -0.4 is 0 Å². The number of benzene rings is 1. The second kappa shape index (κ2) is 5.34. The molecule has 23 heavy (non-hydrogen) atoms. The van der Waals surface area contributed by atoms with Crippen LogP contribution in [0.5, 0.6) is 0 Å². The van der Waals surface area contributed by atoms with Crippen molar-refractivity contribution < 1.29 is 0 Å². The third-order valence-electron chi connectivity index (χ3n) is 5.69. The van der Waals surface area contributed by atoms with E-state index in [2.05, 4.69) is 51.3 Å². The predicted molar refractivity (Wildman–Crippen MR) is 94.8 cm³/mol. The molecular formula is C20H20N2S. The fourth-order valence-electron chi connectivity index (χ4n) is 4.56. The van der Waals surface area contributed by atoms with Crippen molar-refractivity contribution in [2.24, 2.45) is 5.92 Å². The molecule has 5 rings (SSSR count). The maximum Gasteiger partial charge on any atom is 0.0957 e. The molecule has 0 radical (unpaired) electrons. The molecule has 1 atom stereocenters. The van der Waals surface area contributed by atoms with Gasteiger partial charge >= 0.3 is 0 Å². The highest BCUT2D eigenvalue weighted by Gasteiger charge is 2.37. The molecule has 2 nitrogen and oxygen atoms in total. The van der Waals surface area contributed by atoms with Gasteiger partial charge in [0.2, 0.25) is 0 Å². The monoisotopic (exact) mass is 320 g/mol. The zero-order valence-electron chi connectivity index (χ0n) is 13.1. The Kier molecular flexibility index (Phi) is 3.15. The summed E-state index contributed by atoms with van der Waals surface area (Å²) in [4.78, 5) is 5.96. The van der Waals surface area contributed by atoms with Crippen molar-refractivity contribution in [3.05, 3.63) is 64.7 Å². The smallest absolute Gasteiger partial charge is 0.0957 e. The second-order valence-corrected chi connectivity index (χ2v) is 7.80. The summed E-state index contributed by atoms with van der Waals surface area (Å²) >= 11 is 1.92. The Morgan fingerprint density at radius 3 is 2.65 bits per heavy atom. The van der Waals surface area contributed by atoms with Gasteiger partial charge in [-0.1, -0.05) is 30.3 Å². The average Bonchev–Trinajstić information content (AvgIpc) is 3.29. The number of imidazole rings is 1. The van der Waals surface area contributed by atoms with Crippen molar-refractivity contribution in [1.29, 1.82) is 0 Å². The molecule has 1 aliphatic carbocycles. The maximum atomic E-state index is 4.40. The molecule has 3 heterocycles. The van der Waals surface area contributed by atoms with E-state index in [1.54, 1.807) is 4.88 Å². The minimum atomic E-state index is 0.527. The lowest BCUT2D eigenvalue weighted by Gasteiger charge is -2.33. The first-order valence-corrected chi connectivity index (χ1v) is 9.44. The van der Waals surface area contributed by atoms with Crippen LogP contribution in [0.2, 0.25) is 0 Å². The Labute approximate surface area is 140 Å². The van der Waals surface area contributed by atoms with E-state index in [1.807, 2.05) is 23.9 Å². The molecule has 1 aromatic carbocycles. The van der Waals surface area contributed by atoms with Gasteiger partial charge in [0.25, 0.3) is 0 Å². The summed E-state index contributed by atoms with van der Waals surface area (Å²) in [5.74, 6) is 1.50.